The number of fused-ring (bicyclic) bond motifs is 3. The van der Waals surface area contributed by atoms with Gasteiger partial charge in [0.05, 0.1) is 12.5 Å². The lowest BCUT2D eigenvalue weighted by molar-refractivity contribution is -0.273. The van der Waals surface area contributed by atoms with E-state index in [-0.39, 0.29) is 24.8 Å². The van der Waals surface area contributed by atoms with Gasteiger partial charge in [-0.2, -0.15) is 0 Å². The van der Waals surface area contributed by atoms with E-state index in [2.05, 4.69) is 0 Å². The fraction of sp³-hybridized carbons (Fsp3) is 0.724. The number of epoxide rings is 1. The lowest BCUT2D eigenvalue weighted by atomic mass is 9.51. The van der Waals surface area contributed by atoms with Crippen LogP contribution in [0.2, 0.25) is 0 Å². The molecule has 13 heteroatoms. The minimum Gasteiger partial charge on any atom is -0.459 e. The largest absolute Gasteiger partial charge is 0.459 e. The first-order chi connectivity index (χ1) is 19.5. The predicted octanol–water partition coefficient (Wildman–Crippen LogP) is 0.962. The summed E-state index contributed by atoms with van der Waals surface area (Å²) in [7, 11) is 0. The van der Waals surface area contributed by atoms with Gasteiger partial charge in [-0.1, -0.05) is 26.8 Å². The number of carbonyl (C=O) groups excluding carboxylic acids is 4. The molecule has 0 radical (unpaired) electrons. The summed E-state index contributed by atoms with van der Waals surface area (Å²) >= 11 is 6.19. The molecule has 2 saturated heterocycles. The molecule has 4 rings (SSSR count). The molecular weight excluding hydrogens is 576 g/mol. The maximum absolute atomic E-state index is 12.9. The van der Waals surface area contributed by atoms with Crippen LogP contribution in [0, 0.1) is 23.2 Å². The van der Waals surface area contributed by atoms with E-state index in [9.17, 15) is 34.5 Å². The van der Waals surface area contributed by atoms with Gasteiger partial charge in [0.25, 0.3) is 0 Å². The van der Waals surface area contributed by atoms with E-state index in [1.54, 1.807) is 13.8 Å². The Kier molecular flexibility index (Phi) is 8.90. The number of halogens is 1. The third-order valence-corrected chi connectivity index (χ3v) is 9.29. The Morgan fingerprint density at radius 2 is 1.74 bits per heavy atom. The van der Waals surface area contributed by atoms with Crippen molar-refractivity contribution in [3.05, 3.63) is 23.8 Å². The maximum Gasteiger partial charge on any atom is 0.312 e. The van der Waals surface area contributed by atoms with Crippen LogP contribution in [-0.2, 0) is 42.9 Å². The predicted molar refractivity (Wildman–Crippen MR) is 145 cm³/mol. The quantitative estimate of drug-likeness (QED) is 0.167. The zero-order valence-corrected chi connectivity index (χ0v) is 25.2. The number of ether oxygens (including phenoxy) is 5. The highest BCUT2D eigenvalue weighted by molar-refractivity contribution is 6.19. The van der Waals surface area contributed by atoms with Gasteiger partial charge in [0, 0.05) is 37.5 Å². The summed E-state index contributed by atoms with van der Waals surface area (Å²) in [6, 6.07) is 0. The molecule has 4 aliphatic rings. The molecule has 2 heterocycles. The van der Waals surface area contributed by atoms with Crippen LogP contribution in [0.15, 0.2) is 23.8 Å². The second-order valence-corrected chi connectivity index (χ2v) is 12.6. The van der Waals surface area contributed by atoms with E-state index < -0.39 is 89.0 Å². The molecular formula is C29H39ClO12. The average molecular weight is 615 g/mol. The fourth-order valence-corrected chi connectivity index (χ4v) is 6.94. The molecule has 0 bridgehead atoms. The van der Waals surface area contributed by atoms with Crippen LogP contribution >= 0.6 is 11.6 Å². The molecule has 0 amide bonds. The molecule has 2 aliphatic carbocycles. The highest BCUT2D eigenvalue weighted by Crippen LogP contribution is 2.61. The highest BCUT2D eigenvalue weighted by Gasteiger charge is 2.79. The highest BCUT2D eigenvalue weighted by atomic mass is 35.5. The van der Waals surface area contributed by atoms with Gasteiger partial charge in [0.2, 0.25) is 0 Å². The Bertz CT molecular complexity index is 1180. The SMILES string of the molecule is CC(=O)O[C@H]1/C=C\C(CCl)=C/[C@@H]2OC(=O)C(C)[C@@]2(O)[C@@H](OC(C)=O)[C@H]2[C@@]3(CO3)[C@H](O)[C@H](OC(=O)CC(C)C)[C@H](O)[C@]12C. The Balaban J connectivity index is 2.01. The van der Waals surface area contributed by atoms with Crippen molar-refractivity contribution in [3.8, 4) is 0 Å². The van der Waals surface area contributed by atoms with E-state index in [1.165, 1.54) is 32.1 Å². The molecule has 0 aromatic carbocycles. The molecule has 3 fully saturated rings. The molecule has 42 heavy (non-hydrogen) atoms. The van der Waals surface area contributed by atoms with Crippen molar-refractivity contribution in [1.29, 1.82) is 0 Å². The molecule has 0 aromatic heterocycles. The molecule has 3 N–H and O–H groups in total. The summed E-state index contributed by atoms with van der Waals surface area (Å²) in [6.45, 7) is 8.62. The van der Waals surface area contributed by atoms with Crippen molar-refractivity contribution >= 4 is 35.5 Å². The van der Waals surface area contributed by atoms with Gasteiger partial charge in [0.1, 0.15) is 30.0 Å². The summed E-state index contributed by atoms with van der Waals surface area (Å²) in [6.07, 6.45) is -4.93. The third-order valence-electron chi connectivity index (χ3n) is 8.99. The summed E-state index contributed by atoms with van der Waals surface area (Å²) in [5.41, 5.74) is -5.31. The first kappa shape index (κ1) is 32.4. The molecule has 11 atom stereocenters. The number of alkyl halides is 1. The number of hydrogen-bond acceptors (Lipinski definition) is 12. The Morgan fingerprint density at radius 1 is 1.12 bits per heavy atom. The first-order valence-corrected chi connectivity index (χ1v) is 14.5. The van der Waals surface area contributed by atoms with Crippen LogP contribution in [0.1, 0.15) is 48.0 Å². The van der Waals surface area contributed by atoms with Gasteiger partial charge in [-0.05, 0) is 30.6 Å². The molecule has 2 aliphatic heterocycles. The summed E-state index contributed by atoms with van der Waals surface area (Å²) in [4.78, 5) is 50.8. The van der Waals surface area contributed by atoms with E-state index in [4.69, 9.17) is 35.3 Å². The van der Waals surface area contributed by atoms with Crippen LogP contribution in [0.25, 0.3) is 0 Å². The number of allylic oxidation sites excluding steroid dienone is 2. The van der Waals surface area contributed by atoms with E-state index in [0.717, 1.165) is 13.8 Å². The molecule has 1 spiro atoms. The van der Waals surface area contributed by atoms with E-state index in [0.29, 0.717) is 5.57 Å². The molecule has 0 aromatic rings. The smallest absolute Gasteiger partial charge is 0.312 e. The first-order valence-electron chi connectivity index (χ1n) is 14.0. The fourth-order valence-electron chi connectivity index (χ4n) is 6.77. The summed E-state index contributed by atoms with van der Waals surface area (Å²) in [5, 5.41) is 36.1. The van der Waals surface area contributed by atoms with Gasteiger partial charge in [0.15, 0.2) is 17.8 Å². The van der Waals surface area contributed by atoms with Crippen LogP contribution < -0.4 is 0 Å². The van der Waals surface area contributed by atoms with Crippen molar-refractivity contribution in [3.63, 3.8) is 0 Å². The minimum absolute atomic E-state index is 0.00440. The second-order valence-electron chi connectivity index (χ2n) is 12.3. The lowest BCUT2D eigenvalue weighted by Crippen LogP contribution is -2.75. The van der Waals surface area contributed by atoms with Crippen LogP contribution in [0.3, 0.4) is 0 Å². The number of esters is 4. The minimum atomic E-state index is -2.25. The van der Waals surface area contributed by atoms with Crippen molar-refractivity contribution in [2.75, 3.05) is 12.5 Å². The molecule has 234 valence electrons. The Morgan fingerprint density at radius 3 is 2.26 bits per heavy atom. The van der Waals surface area contributed by atoms with Gasteiger partial charge in [-0.3, -0.25) is 19.2 Å². The van der Waals surface area contributed by atoms with Gasteiger partial charge in [-0.15, -0.1) is 11.6 Å². The third kappa shape index (κ3) is 5.25. The van der Waals surface area contributed by atoms with Gasteiger partial charge >= 0.3 is 23.9 Å². The van der Waals surface area contributed by atoms with Crippen LogP contribution in [0.5, 0.6) is 0 Å². The number of aliphatic hydroxyl groups is 3. The Hall–Kier alpha value is -2.51. The average Bonchev–Trinajstić information content (AvgIpc) is 3.65. The zero-order chi connectivity index (χ0) is 31.4. The standard InChI is InChI=1S/C29H39ClO12/c1-13(2)9-20(33)42-21-23(34)27(6)18(39-15(4)31)8-7-17(11-30)10-19-29(37,14(3)26(36)41-19)25(40-16(5)32)22(27)28(12-38-28)24(21)35/h7-8,10,13-14,18-19,21-25,34-35,37H,9,11-12H2,1-6H3/b8-7-,17-10+/t14?,18-,19-,21+,22+,23-,24+,25-,27+,28-,29-/m0/s1. The Labute approximate surface area is 248 Å². The monoisotopic (exact) mass is 614 g/mol. The topological polar surface area (TPSA) is 178 Å². The molecule has 1 unspecified atom stereocenters. The van der Waals surface area contributed by atoms with Crippen LogP contribution in [-0.4, -0.2) is 99.5 Å². The van der Waals surface area contributed by atoms with Crippen molar-refractivity contribution in [1.82, 2.24) is 0 Å². The second kappa shape index (κ2) is 11.5. The number of aliphatic hydroxyl groups excluding tert-OH is 2. The van der Waals surface area contributed by atoms with Crippen molar-refractivity contribution in [2.24, 2.45) is 23.2 Å². The van der Waals surface area contributed by atoms with Crippen molar-refractivity contribution in [2.45, 2.75) is 95.8 Å². The number of rotatable bonds is 6. The van der Waals surface area contributed by atoms with Crippen LogP contribution in [0.4, 0.5) is 0 Å². The lowest BCUT2D eigenvalue weighted by Gasteiger charge is -2.58. The molecule has 12 nitrogen and oxygen atoms in total. The number of hydrogen-bond donors (Lipinski definition) is 3. The number of carbonyl (C=O) groups is 4. The van der Waals surface area contributed by atoms with Gasteiger partial charge in [-0.25, -0.2) is 0 Å². The van der Waals surface area contributed by atoms with E-state index >= 15 is 0 Å². The summed E-state index contributed by atoms with van der Waals surface area (Å²) in [5.74, 6) is -5.82. The van der Waals surface area contributed by atoms with Crippen molar-refractivity contribution < 1.29 is 58.2 Å². The molecule has 1 saturated carbocycles. The van der Waals surface area contributed by atoms with E-state index in [1.807, 2.05) is 0 Å². The maximum atomic E-state index is 12.9. The normalized spacial score (nSPS) is 44.6. The van der Waals surface area contributed by atoms with Gasteiger partial charge < -0.3 is 39.0 Å². The zero-order valence-electron chi connectivity index (χ0n) is 24.4. The summed E-state index contributed by atoms with van der Waals surface area (Å²) < 4.78 is 28.6.